The molecule has 0 atom stereocenters. The Hall–Kier alpha value is -3.53. The predicted molar refractivity (Wildman–Crippen MR) is 109 cm³/mol. The summed E-state index contributed by atoms with van der Waals surface area (Å²) < 4.78 is 3.89. The highest BCUT2D eigenvalue weighted by Gasteiger charge is 2.14. The van der Waals surface area contributed by atoms with Gasteiger partial charge in [0.15, 0.2) is 0 Å². The van der Waals surface area contributed by atoms with Gasteiger partial charge in [0.1, 0.15) is 17.4 Å². The number of aromatic nitrogens is 6. The minimum atomic E-state index is -0.466. The Balaban J connectivity index is 1.43. The minimum Gasteiger partial charge on any atom is -0.309 e. The van der Waals surface area contributed by atoms with Crippen LogP contribution in [0.4, 0.5) is 5.82 Å². The Morgan fingerprint density at radius 1 is 1.07 bits per heavy atom. The standard InChI is InChI=1S/C19H19N7O2S/c1-2-14-5-7-15(8-6-14)12-24-16(9-10-20-24)21-17(27)13-25-19(28)26(23-22-25)18-4-3-11-29-18/h3-11H,2,12-13H2,1H3,(H,21,27). The fraction of sp³-hybridized carbons (Fsp3) is 0.211. The summed E-state index contributed by atoms with van der Waals surface area (Å²) in [7, 11) is 0. The Kier molecular flexibility index (Phi) is 5.34. The summed E-state index contributed by atoms with van der Waals surface area (Å²) in [5.74, 6) is 0.168. The van der Waals surface area contributed by atoms with Crippen LogP contribution in [0, 0.1) is 0 Å². The zero-order valence-electron chi connectivity index (χ0n) is 15.7. The number of thiophene rings is 1. The van der Waals surface area contributed by atoms with Crippen LogP contribution in [-0.2, 0) is 24.3 Å². The van der Waals surface area contributed by atoms with E-state index in [9.17, 15) is 9.59 Å². The van der Waals surface area contributed by atoms with Gasteiger partial charge in [-0.25, -0.2) is 9.48 Å². The number of tetrazole rings is 1. The Morgan fingerprint density at radius 3 is 2.59 bits per heavy atom. The van der Waals surface area contributed by atoms with Crippen LogP contribution in [0.5, 0.6) is 0 Å². The minimum absolute atomic E-state index is 0.236. The molecule has 0 saturated heterocycles. The van der Waals surface area contributed by atoms with Crippen LogP contribution in [-0.4, -0.2) is 35.5 Å². The molecule has 1 amide bonds. The summed E-state index contributed by atoms with van der Waals surface area (Å²) in [4.78, 5) is 24.8. The second-order valence-corrected chi connectivity index (χ2v) is 7.30. The fourth-order valence-corrected chi connectivity index (χ4v) is 3.51. The van der Waals surface area contributed by atoms with Crippen molar-refractivity contribution < 1.29 is 4.79 Å². The van der Waals surface area contributed by atoms with E-state index in [-0.39, 0.29) is 12.5 Å². The molecule has 148 valence electrons. The van der Waals surface area contributed by atoms with Gasteiger partial charge in [-0.15, -0.1) is 11.3 Å². The number of anilines is 1. The third kappa shape index (κ3) is 4.16. The molecule has 1 N–H and O–H groups in total. The van der Waals surface area contributed by atoms with Crippen molar-refractivity contribution in [3.05, 3.63) is 75.7 Å². The summed E-state index contributed by atoms with van der Waals surface area (Å²) >= 11 is 1.37. The van der Waals surface area contributed by atoms with E-state index in [1.807, 2.05) is 11.4 Å². The van der Waals surface area contributed by atoms with Crippen LogP contribution >= 0.6 is 11.3 Å². The predicted octanol–water partition coefficient (Wildman–Crippen LogP) is 1.94. The maximum Gasteiger partial charge on any atom is 0.369 e. The lowest BCUT2D eigenvalue weighted by atomic mass is 10.1. The van der Waals surface area contributed by atoms with Crippen molar-refractivity contribution in [3.8, 4) is 5.00 Å². The zero-order valence-corrected chi connectivity index (χ0v) is 16.5. The van der Waals surface area contributed by atoms with E-state index in [1.165, 1.54) is 21.6 Å². The first-order valence-electron chi connectivity index (χ1n) is 9.10. The van der Waals surface area contributed by atoms with Crippen molar-refractivity contribution in [1.82, 2.24) is 29.6 Å². The van der Waals surface area contributed by atoms with E-state index in [0.717, 1.165) is 16.7 Å². The molecule has 0 aliphatic carbocycles. The van der Waals surface area contributed by atoms with Gasteiger partial charge in [0.05, 0.1) is 12.7 Å². The van der Waals surface area contributed by atoms with Gasteiger partial charge in [-0.3, -0.25) is 4.79 Å². The first-order chi connectivity index (χ1) is 14.1. The summed E-state index contributed by atoms with van der Waals surface area (Å²) in [6.07, 6.45) is 2.61. The monoisotopic (exact) mass is 409 g/mol. The van der Waals surface area contributed by atoms with E-state index >= 15 is 0 Å². The molecular weight excluding hydrogens is 390 g/mol. The van der Waals surface area contributed by atoms with Gasteiger partial charge in [0.25, 0.3) is 0 Å². The summed E-state index contributed by atoms with van der Waals surface area (Å²) in [5, 5.41) is 17.2. The number of nitrogens with one attached hydrogen (secondary N) is 1. The molecule has 0 aliphatic rings. The fourth-order valence-electron chi connectivity index (χ4n) is 2.84. The molecule has 0 fully saturated rings. The highest BCUT2D eigenvalue weighted by Crippen LogP contribution is 2.12. The van der Waals surface area contributed by atoms with Crippen LogP contribution < -0.4 is 11.0 Å². The van der Waals surface area contributed by atoms with Crippen molar-refractivity contribution in [3.63, 3.8) is 0 Å². The number of aryl methyl sites for hydroxylation is 1. The zero-order chi connectivity index (χ0) is 20.2. The lowest BCUT2D eigenvalue weighted by molar-refractivity contribution is -0.117. The van der Waals surface area contributed by atoms with Gasteiger partial charge >= 0.3 is 5.69 Å². The first-order valence-corrected chi connectivity index (χ1v) is 9.98. The molecule has 0 aliphatic heterocycles. The molecule has 0 spiro atoms. The number of nitrogens with zero attached hydrogens (tertiary/aromatic N) is 6. The first kappa shape index (κ1) is 18.8. The number of amides is 1. The average Bonchev–Trinajstić information content (AvgIpc) is 3.46. The number of rotatable bonds is 7. The van der Waals surface area contributed by atoms with Gasteiger partial charge in [0.2, 0.25) is 5.91 Å². The van der Waals surface area contributed by atoms with Gasteiger partial charge < -0.3 is 5.32 Å². The molecule has 0 radical (unpaired) electrons. The lowest BCUT2D eigenvalue weighted by Crippen LogP contribution is -2.30. The molecule has 4 rings (SSSR count). The molecule has 10 heteroatoms. The van der Waals surface area contributed by atoms with Crippen molar-refractivity contribution in [2.45, 2.75) is 26.4 Å². The number of carbonyl (C=O) groups excluding carboxylic acids is 1. The number of benzene rings is 1. The highest BCUT2D eigenvalue weighted by molar-refractivity contribution is 7.12. The normalized spacial score (nSPS) is 10.9. The third-order valence-corrected chi connectivity index (χ3v) is 5.24. The Bertz CT molecular complexity index is 1160. The smallest absolute Gasteiger partial charge is 0.309 e. The number of carbonyl (C=O) groups is 1. The molecule has 4 aromatic rings. The van der Waals surface area contributed by atoms with Crippen molar-refractivity contribution in [2.24, 2.45) is 0 Å². The second-order valence-electron chi connectivity index (χ2n) is 6.37. The molecule has 3 aromatic heterocycles. The van der Waals surface area contributed by atoms with Crippen LogP contribution in [0.3, 0.4) is 0 Å². The molecule has 3 heterocycles. The average molecular weight is 409 g/mol. The quantitative estimate of drug-likeness (QED) is 0.503. The van der Waals surface area contributed by atoms with Crippen LogP contribution in [0.25, 0.3) is 5.00 Å². The largest absolute Gasteiger partial charge is 0.369 e. The molecule has 9 nitrogen and oxygen atoms in total. The summed E-state index contributed by atoms with van der Waals surface area (Å²) in [6.45, 7) is 2.40. The Morgan fingerprint density at radius 2 is 1.86 bits per heavy atom. The molecule has 1 aromatic carbocycles. The molecule has 29 heavy (non-hydrogen) atoms. The van der Waals surface area contributed by atoms with Gasteiger partial charge in [-0.1, -0.05) is 31.2 Å². The van der Waals surface area contributed by atoms with Crippen molar-refractivity contribution >= 4 is 23.1 Å². The Labute approximate surface area is 170 Å². The van der Waals surface area contributed by atoms with Gasteiger partial charge in [0, 0.05) is 6.07 Å². The van der Waals surface area contributed by atoms with Crippen molar-refractivity contribution in [2.75, 3.05) is 5.32 Å². The maximum atomic E-state index is 12.4. The maximum absolute atomic E-state index is 12.4. The molecule has 0 saturated carbocycles. The van der Waals surface area contributed by atoms with Gasteiger partial charge in [-0.2, -0.15) is 14.5 Å². The van der Waals surface area contributed by atoms with E-state index in [2.05, 4.69) is 52.0 Å². The van der Waals surface area contributed by atoms with E-state index in [4.69, 9.17) is 0 Å². The summed E-state index contributed by atoms with van der Waals surface area (Å²) in [5.41, 5.74) is 1.88. The van der Waals surface area contributed by atoms with Gasteiger partial charge in [-0.05, 0) is 45.5 Å². The topological polar surface area (TPSA) is 99.6 Å². The lowest BCUT2D eigenvalue weighted by Gasteiger charge is -2.09. The van der Waals surface area contributed by atoms with Crippen molar-refractivity contribution in [1.29, 1.82) is 0 Å². The van der Waals surface area contributed by atoms with Crippen LogP contribution in [0.15, 0.2) is 58.8 Å². The van der Waals surface area contributed by atoms with E-state index in [1.54, 1.807) is 23.0 Å². The number of hydrogen-bond acceptors (Lipinski definition) is 6. The van der Waals surface area contributed by atoms with E-state index in [0.29, 0.717) is 17.4 Å². The van der Waals surface area contributed by atoms with Crippen LogP contribution in [0.2, 0.25) is 0 Å². The van der Waals surface area contributed by atoms with Crippen LogP contribution in [0.1, 0.15) is 18.1 Å². The van der Waals surface area contributed by atoms with E-state index < -0.39 is 5.69 Å². The molecular formula is C19H19N7O2S. The molecule has 0 unspecified atom stereocenters. The SMILES string of the molecule is CCc1ccc(Cn2nccc2NC(=O)Cn2nnn(-c3cccs3)c2=O)cc1. The molecule has 0 bridgehead atoms. The second kappa shape index (κ2) is 8.23. The summed E-state index contributed by atoms with van der Waals surface area (Å²) in [6, 6.07) is 13.6. The highest BCUT2D eigenvalue weighted by atomic mass is 32.1. The third-order valence-electron chi connectivity index (χ3n) is 4.40. The number of hydrogen-bond donors (Lipinski definition) is 1.